The smallest absolute Gasteiger partial charge is 0.248 e. The molecule has 1 atom stereocenters. The number of terminal acetylenes is 1. The second kappa shape index (κ2) is 7.42. The Morgan fingerprint density at radius 3 is 2.77 bits per heavy atom. The fourth-order valence-electron chi connectivity index (χ4n) is 3.09. The maximum atomic E-state index is 13.4. The van der Waals surface area contributed by atoms with Gasteiger partial charge in [0.25, 0.3) is 0 Å². The standard InChI is InChI=1S/C19H22F2N4O/c1-3-4-16(26)14-11-17(22-15-5-8-19(20,21)9-6-15)23-18(12-14)25-10-7-13(2)24-25/h1,7,10-12,15-16,26H,4-6,8-9H2,2H3,(H,22,23). The van der Waals surface area contributed by atoms with Crippen LogP contribution in [0.25, 0.3) is 5.82 Å². The molecule has 0 bridgehead atoms. The van der Waals surface area contributed by atoms with Crippen LogP contribution < -0.4 is 5.32 Å². The fourth-order valence-corrected chi connectivity index (χ4v) is 3.09. The first-order chi connectivity index (χ1) is 12.4. The summed E-state index contributed by atoms with van der Waals surface area (Å²) in [5.74, 6) is 0.930. The Bertz CT molecular complexity index is 802. The number of aryl methyl sites for hydroxylation is 1. The first-order valence-corrected chi connectivity index (χ1v) is 8.67. The number of halogens is 2. The molecule has 1 aliphatic carbocycles. The normalized spacial score (nSPS) is 18.3. The highest BCUT2D eigenvalue weighted by atomic mass is 19.3. The molecule has 1 fully saturated rings. The number of nitrogens with zero attached hydrogens (tertiary/aromatic N) is 3. The average Bonchev–Trinajstić information content (AvgIpc) is 3.03. The Hall–Kier alpha value is -2.46. The Morgan fingerprint density at radius 1 is 1.42 bits per heavy atom. The molecule has 0 aliphatic heterocycles. The van der Waals surface area contributed by atoms with Crippen molar-refractivity contribution < 1.29 is 13.9 Å². The van der Waals surface area contributed by atoms with E-state index < -0.39 is 12.0 Å². The van der Waals surface area contributed by atoms with Gasteiger partial charge >= 0.3 is 0 Å². The zero-order chi connectivity index (χ0) is 18.7. The Morgan fingerprint density at radius 2 is 2.15 bits per heavy atom. The molecule has 26 heavy (non-hydrogen) atoms. The third kappa shape index (κ3) is 4.38. The largest absolute Gasteiger partial charge is 0.387 e. The van der Waals surface area contributed by atoms with Crippen molar-refractivity contribution in [3.05, 3.63) is 35.7 Å². The SMILES string of the molecule is C#CCC(O)c1cc(NC2CCC(F)(F)CC2)nc(-n2ccc(C)n2)c1. The fraction of sp³-hybridized carbons (Fsp3) is 0.474. The molecule has 0 spiro atoms. The monoisotopic (exact) mass is 360 g/mol. The van der Waals surface area contributed by atoms with E-state index in [1.807, 2.05) is 13.0 Å². The predicted octanol–water partition coefficient (Wildman–Crippen LogP) is 3.62. The van der Waals surface area contributed by atoms with Gasteiger partial charge in [-0.05, 0) is 43.5 Å². The summed E-state index contributed by atoms with van der Waals surface area (Å²) >= 11 is 0. The first kappa shape index (κ1) is 18.3. The van der Waals surface area contributed by atoms with Gasteiger partial charge in [0, 0.05) is 31.5 Å². The predicted molar refractivity (Wildman–Crippen MR) is 95.3 cm³/mol. The Kier molecular flexibility index (Phi) is 5.23. The van der Waals surface area contributed by atoms with Gasteiger partial charge in [-0.2, -0.15) is 5.10 Å². The molecule has 0 amide bonds. The maximum Gasteiger partial charge on any atom is 0.248 e. The van der Waals surface area contributed by atoms with E-state index in [2.05, 4.69) is 21.3 Å². The molecule has 138 valence electrons. The van der Waals surface area contributed by atoms with Crippen LogP contribution in [0.15, 0.2) is 24.4 Å². The number of anilines is 1. The van der Waals surface area contributed by atoms with E-state index in [1.165, 1.54) is 0 Å². The van der Waals surface area contributed by atoms with Crippen LogP contribution >= 0.6 is 0 Å². The number of aromatic nitrogens is 3. The van der Waals surface area contributed by atoms with Gasteiger partial charge in [-0.25, -0.2) is 18.4 Å². The number of alkyl halides is 2. The summed E-state index contributed by atoms with van der Waals surface area (Å²) in [6.45, 7) is 1.87. The lowest BCUT2D eigenvalue weighted by atomic mass is 9.92. The molecule has 2 heterocycles. The molecule has 0 saturated heterocycles. The van der Waals surface area contributed by atoms with E-state index in [9.17, 15) is 13.9 Å². The van der Waals surface area contributed by atoms with Crippen LogP contribution in [-0.2, 0) is 0 Å². The second-order valence-corrected chi connectivity index (χ2v) is 6.74. The lowest BCUT2D eigenvalue weighted by Crippen LogP contribution is -2.32. The molecule has 1 unspecified atom stereocenters. The molecule has 3 rings (SSSR count). The minimum atomic E-state index is -2.58. The quantitative estimate of drug-likeness (QED) is 0.800. The minimum Gasteiger partial charge on any atom is -0.387 e. The van der Waals surface area contributed by atoms with Crippen molar-refractivity contribution in [2.45, 2.75) is 57.1 Å². The van der Waals surface area contributed by atoms with E-state index in [0.29, 0.717) is 30.0 Å². The summed E-state index contributed by atoms with van der Waals surface area (Å²) in [5.41, 5.74) is 1.45. The molecule has 5 nitrogen and oxygen atoms in total. The number of aliphatic hydroxyl groups is 1. The number of hydrogen-bond acceptors (Lipinski definition) is 4. The molecule has 0 radical (unpaired) electrons. The van der Waals surface area contributed by atoms with E-state index in [-0.39, 0.29) is 25.3 Å². The Labute approximate surface area is 151 Å². The second-order valence-electron chi connectivity index (χ2n) is 6.74. The van der Waals surface area contributed by atoms with Gasteiger partial charge in [-0.1, -0.05) is 0 Å². The summed E-state index contributed by atoms with van der Waals surface area (Å²) in [7, 11) is 0. The number of nitrogens with one attached hydrogen (secondary N) is 1. The molecule has 2 aromatic rings. The lowest BCUT2D eigenvalue weighted by Gasteiger charge is -2.29. The van der Waals surface area contributed by atoms with Crippen molar-refractivity contribution in [1.82, 2.24) is 14.8 Å². The van der Waals surface area contributed by atoms with Crippen molar-refractivity contribution in [2.75, 3.05) is 5.32 Å². The topological polar surface area (TPSA) is 63.0 Å². The van der Waals surface area contributed by atoms with Crippen LogP contribution in [0.1, 0.15) is 49.5 Å². The molecular formula is C19H22F2N4O. The van der Waals surface area contributed by atoms with E-state index in [4.69, 9.17) is 6.42 Å². The van der Waals surface area contributed by atoms with Gasteiger partial charge in [0.15, 0.2) is 5.82 Å². The lowest BCUT2D eigenvalue weighted by molar-refractivity contribution is -0.0361. The van der Waals surface area contributed by atoms with Crippen LogP contribution in [0.5, 0.6) is 0 Å². The summed E-state index contributed by atoms with van der Waals surface area (Å²) in [6, 6.07) is 5.22. The number of rotatable bonds is 5. The average molecular weight is 360 g/mol. The zero-order valence-electron chi connectivity index (χ0n) is 14.6. The van der Waals surface area contributed by atoms with Gasteiger partial charge < -0.3 is 10.4 Å². The highest BCUT2D eigenvalue weighted by Gasteiger charge is 2.35. The number of pyridine rings is 1. The summed E-state index contributed by atoms with van der Waals surface area (Å²) in [6.07, 6.45) is 6.93. The number of aliphatic hydroxyl groups excluding tert-OH is 1. The van der Waals surface area contributed by atoms with Crippen molar-refractivity contribution in [3.8, 4) is 18.2 Å². The Balaban J connectivity index is 1.86. The van der Waals surface area contributed by atoms with Crippen LogP contribution in [0, 0.1) is 19.3 Å². The third-order valence-corrected chi connectivity index (χ3v) is 4.56. The maximum absolute atomic E-state index is 13.4. The van der Waals surface area contributed by atoms with E-state index >= 15 is 0 Å². The molecule has 2 N–H and O–H groups in total. The molecule has 1 aliphatic rings. The van der Waals surface area contributed by atoms with Crippen molar-refractivity contribution in [1.29, 1.82) is 0 Å². The molecule has 2 aromatic heterocycles. The van der Waals surface area contributed by atoms with Crippen LogP contribution in [0.4, 0.5) is 14.6 Å². The van der Waals surface area contributed by atoms with Gasteiger partial charge in [0.1, 0.15) is 5.82 Å². The summed E-state index contributed by atoms with van der Waals surface area (Å²) in [4.78, 5) is 4.53. The molecule has 0 aromatic carbocycles. The van der Waals surface area contributed by atoms with Gasteiger partial charge in [-0.3, -0.25) is 0 Å². The van der Waals surface area contributed by atoms with Gasteiger partial charge in [0.2, 0.25) is 5.92 Å². The van der Waals surface area contributed by atoms with Crippen LogP contribution in [-0.4, -0.2) is 31.8 Å². The molecule has 7 heteroatoms. The first-order valence-electron chi connectivity index (χ1n) is 8.67. The van der Waals surface area contributed by atoms with Crippen molar-refractivity contribution in [2.24, 2.45) is 0 Å². The number of hydrogen-bond donors (Lipinski definition) is 2. The van der Waals surface area contributed by atoms with Crippen LogP contribution in [0.3, 0.4) is 0 Å². The van der Waals surface area contributed by atoms with E-state index in [1.54, 1.807) is 23.0 Å². The van der Waals surface area contributed by atoms with Crippen molar-refractivity contribution >= 4 is 5.82 Å². The molecular weight excluding hydrogens is 338 g/mol. The highest BCUT2D eigenvalue weighted by molar-refractivity contribution is 5.45. The minimum absolute atomic E-state index is 0.0747. The van der Waals surface area contributed by atoms with Crippen LogP contribution in [0.2, 0.25) is 0 Å². The summed E-state index contributed by atoms with van der Waals surface area (Å²) < 4.78 is 28.3. The zero-order valence-corrected chi connectivity index (χ0v) is 14.6. The van der Waals surface area contributed by atoms with Gasteiger partial charge in [-0.15, -0.1) is 12.3 Å². The molecule has 1 saturated carbocycles. The summed E-state index contributed by atoms with van der Waals surface area (Å²) in [5, 5.41) is 17.8. The highest BCUT2D eigenvalue weighted by Crippen LogP contribution is 2.34. The third-order valence-electron chi connectivity index (χ3n) is 4.56. The van der Waals surface area contributed by atoms with Crippen molar-refractivity contribution in [3.63, 3.8) is 0 Å². The van der Waals surface area contributed by atoms with Gasteiger partial charge in [0.05, 0.1) is 11.8 Å². The van der Waals surface area contributed by atoms with E-state index in [0.717, 1.165) is 5.69 Å².